The van der Waals surface area contributed by atoms with E-state index in [1.165, 1.54) is 5.57 Å². The van der Waals surface area contributed by atoms with Gasteiger partial charge in [-0.1, -0.05) is 86.6 Å². The Kier molecular flexibility index (Phi) is 14.3. The lowest BCUT2D eigenvalue weighted by Crippen LogP contribution is -2.54. The van der Waals surface area contributed by atoms with E-state index in [0.717, 1.165) is 30.6 Å². The topological polar surface area (TPSA) is 169 Å². The van der Waals surface area contributed by atoms with Gasteiger partial charge in [-0.05, 0) is 103 Å². The van der Waals surface area contributed by atoms with Crippen molar-refractivity contribution in [3.05, 3.63) is 53.1 Å². The number of rotatable bonds is 15. The fraction of sp³-hybridized carbons (Fsp3) is 0.673. The molecule has 346 valence electrons. The van der Waals surface area contributed by atoms with Crippen LogP contribution in [0.15, 0.2) is 42.0 Å². The Labute approximate surface area is 375 Å². The first-order chi connectivity index (χ1) is 29.3. The first-order valence-electron chi connectivity index (χ1n) is 23.1. The van der Waals surface area contributed by atoms with E-state index >= 15 is 0 Å². The molecule has 1 aromatic carbocycles. The van der Waals surface area contributed by atoms with E-state index < -0.39 is 44.1 Å². The van der Waals surface area contributed by atoms with Crippen LogP contribution in [0.5, 0.6) is 0 Å². The highest BCUT2D eigenvalue weighted by Gasteiger charge is 2.47. The molecule has 8 atom stereocenters. The quantitative estimate of drug-likeness (QED) is 0.0880. The zero-order chi connectivity index (χ0) is 46.2. The van der Waals surface area contributed by atoms with Crippen LogP contribution in [0.3, 0.4) is 0 Å². The van der Waals surface area contributed by atoms with Crippen LogP contribution >= 0.6 is 0 Å². The first kappa shape index (κ1) is 48.2. The summed E-state index contributed by atoms with van der Waals surface area (Å²) in [4.78, 5) is 78.6. The third kappa shape index (κ3) is 11.3. The van der Waals surface area contributed by atoms with Crippen LogP contribution in [0, 0.1) is 34.5 Å². The summed E-state index contributed by atoms with van der Waals surface area (Å²) in [5.41, 5.74) is 1.78. The second-order valence-electron chi connectivity index (χ2n) is 22.1. The number of amides is 5. The van der Waals surface area contributed by atoms with Gasteiger partial charge in [-0.3, -0.25) is 34.2 Å². The van der Waals surface area contributed by atoms with Crippen LogP contribution in [0.25, 0.3) is 0 Å². The number of nitrogens with one attached hydrogen (secondary N) is 3. The van der Waals surface area contributed by atoms with Crippen molar-refractivity contribution in [2.75, 3.05) is 18.4 Å². The molecule has 3 N–H and O–H groups in total. The lowest BCUT2D eigenvalue weighted by molar-refractivity contribution is -0.160. The Morgan fingerprint density at radius 2 is 1.70 bits per heavy atom. The van der Waals surface area contributed by atoms with Crippen molar-refractivity contribution >= 4 is 49.7 Å². The van der Waals surface area contributed by atoms with Gasteiger partial charge in [-0.2, -0.15) is 0 Å². The van der Waals surface area contributed by atoms with Crippen LogP contribution in [-0.4, -0.2) is 86.4 Å². The summed E-state index contributed by atoms with van der Waals surface area (Å²) in [7, 11) is -2.05. The van der Waals surface area contributed by atoms with Crippen LogP contribution < -0.4 is 16.0 Å². The number of hydrogen-bond acceptors (Lipinski definition) is 10. The van der Waals surface area contributed by atoms with Gasteiger partial charge in [-0.15, -0.1) is 0 Å². The molecule has 2 unspecified atom stereocenters. The summed E-state index contributed by atoms with van der Waals surface area (Å²) in [6.07, 6.45) is 10.7. The van der Waals surface area contributed by atoms with Crippen molar-refractivity contribution in [3.63, 3.8) is 0 Å². The first-order valence-corrected chi connectivity index (χ1v) is 26.1. The molecule has 0 radical (unpaired) electrons. The van der Waals surface area contributed by atoms with Gasteiger partial charge < -0.3 is 24.5 Å². The average Bonchev–Trinajstić information content (AvgIpc) is 3.41. The maximum Gasteiger partial charge on any atom is 0.407 e. The van der Waals surface area contributed by atoms with E-state index in [0.29, 0.717) is 38.0 Å². The van der Waals surface area contributed by atoms with Gasteiger partial charge in [0.25, 0.3) is 11.8 Å². The van der Waals surface area contributed by atoms with E-state index in [2.05, 4.69) is 110 Å². The molecule has 5 amide bonds. The molecule has 6 rings (SSSR count). The Morgan fingerprint density at radius 3 is 2.40 bits per heavy atom. The van der Waals surface area contributed by atoms with Gasteiger partial charge in [0.05, 0.1) is 23.7 Å². The molecule has 2 fully saturated rings. The molecule has 14 heteroatoms. The summed E-state index contributed by atoms with van der Waals surface area (Å²) in [6, 6.07) is 4.05. The van der Waals surface area contributed by atoms with E-state index in [1.807, 2.05) is 0 Å². The highest BCUT2D eigenvalue weighted by atomic mass is 28.4. The maximum atomic E-state index is 13.6. The van der Waals surface area contributed by atoms with E-state index in [4.69, 9.17) is 13.9 Å². The number of benzene rings is 1. The van der Waals surface area contributed by atoms with Gasteiger partial charge in [-0.25, -0.2) is 4.79 Å². The van der Waals surface area contributed by atoms with Gasteiger partial charge in [0, 0.05) is 37.5 Å². The number of nitrogens with zero attached hydrogens (tertiary/aromatic N) is 1. The second-order valence-corrected chi connectivity index (χ2v) is 26.8. The monoisotopic (exact) mass is 889 g/mol. The van der Waals surface area contributed by atoms with Crippen LogP contribution in [0.2, 0.25) is 18.1 Å². The molecule has 3 heterocycles. The standard InChI is InChI=1S/C49H72N4O9Si/c1-29-23-31-16-15-30(2)34(18-17-32-25-33(26-40(55)60-32)62-63(10,11)47(3,4)5)41(31)38(24-29)61-46(59)50-22-21-48(6,7)27-49(8,9)28-51-36-14-12-13-35-42(36)45(58)53(44(35)57)37-19-20-39(54)52-43(37)56/h12-16,23,29-30,32-34,37-38,41,51H,17-22,24-28H2,1-11H3,(H,50,59)(H,52,54,56)/t29-,30-,32+,33?,34-,37?,38-,41-/m0/s1. The van der Waals surface area contributed by atoms with Gasteiger partial charge in [0.15, 0.2) is 8.32 Å². The van der Waals surface area contributed by atoms with Crippen molar-refractivity contribution in [1.29, 1.82) is 0 Å². The van der Waals surface area contributed by atoms with Gasteiger partial charge in [0.1, 0.15) is 18.2 Å². The van der Waals surface area contributed by atoms with Crippen molar-refractivity contribution < 1.29 is 42.7 Å². The summed E-state index contributed by atoms with van der Waals surface area (Å²) in [6.45, 7) is 25.1. The van der Waals surface area contributed by atoms with Crippen LogP contribution in [-0.2, 0) is 28.3 Å². The number of fused-ring (bicyclic) bond motifs is 2. The molecular weight excluding hydrogens is 817 g/mol. The Bertz CT molecular complexity index is 2020. The number of carbonyl (C=O) groups is 6. The number of anilines is 1. The maximum absolute atomic E-state index is 13.6. The lowest BCUT2D eigenvalue weighted by Gasteiger charge is -2.44. The molecule has 0 spiro atoms. The molecule has 2 aliphatic carbocycles. The van der Waals surface area contributed by atoms with Crippen LogP contribution in [0.1, 0.15) is 141 Å². The second kappa shape index (κ2) is 18.7. The van der Waals surface area contributed by atoms with Crippen LogP contribution in [0.4, 0.5) is 10.5 Å². The average molecular weight is 889 g/mol. The molecular formula is C49H72N4O9Si. The largest absolute Gasteiger partial charge is 0.462 e. The minimum absolute atomic E-state index is 0.0504. The van der Waals surface area contributed by atoms with E-state index in [-0.39, 0.29) is 87.8 Å². The molecule has 63 heavy (non-hydrogen) atoms. The van der Waals surface area contributed by atoms with Gasteiger partial charge >= 0.3 is 12.1 Å². The van der Waals surface area contributed by atoms with Crippen molar-refractivity contribution in [2.24, 2.45) is 34.5 Å². The Morgan fingerprint density at radius 1 is 0.968 bits per heavy atom. The number of cyclic esters (lactones) is 1. The van der Waals surface area contributed by atoms with Gasteiger partial charge in [0.2, 0.25) is 11.8 Å². The summed E-state index contributed by atoms with van der Waals surface area (Å²) in [5.74, 6) is -1.52. The minimum atomic E-state index is -2.05. The third-order valence-corrected chi connectivity index (χ3v) is 19.0. The normalized spacial score (nSPS) is 27.9. The van der Waals surface area contributed by atoms with Crippen molar-refractivity contribution in [3.8, 4) is 0 Å². The third-order valence-electron chi connectivity index (χ3n) is 14.4. The number of ether oxygens (including phenoxy) is 2. The molecule has 3 aliphatic heterocycles. The SMILES string of the molecule is C[C@H]1C=C2C=C[C@H](C)[C@H](CC[C@@H]3CC(O[Si](C)(C)C(C)(C)C)CC(=O)O3)[C@H]2[C@@H](OC(=O)NCCC(C)(C)CC(C)(C)CNc2cccc3c2C(=O)N(C2CCC(=O)NC2=O)C3=O)C1. The van der Waals surface area contributed by atoms with E-state index in [1.54, 1.807) is 18.2 Å². The smallest absolute Gasteiger partial charge is 0.407 e. The van der Waals surface area contributed by atoms with Crippen molar-refractivity contribution in [2.45, 2.75) is 163 Å². The molecule has 13 nitrogen and oxygen atoms in total. The van der Waals surface area contributed by atoms with Crippen molar-refractivity contribution in [1.82, 2.24) is 15.5 Å². The number of esters is 1. The Balaban J connectivity index is 1.01. The number of allylic oxidation sites excluding steroid dienone is 3. The zero-order valence-corrected chi connectivity index (χ0v) is 40.5. The Hall–Kier alpha value is -4.30. The lowest BCUT2D eigenvalue weighted by atomic mass is 9.65. The molecule has 1 aromatic rings. The number of piperidine rings is 1. The number of imide groups is 2. The number of hydrogen-bond donors (Lipinski definition) is 3. The minimum Gasteiger partial charge on any atom is -0.462 e. The summed E-state index contributed by atoms with van der Waals surface area (Å²) < 4.78 is 18.9. The number of alkyl carbamates (subject to hydrolysis) is 1. The molecule has 0 aromatic heterocycles. The molecule has 0 bridgehead atoms. The summed E-state index contributed by atoms with van der Waals surface area (Å²) >= 11 is 0. The molecule has 2 saturated heterocycles. The predicted octanol–water partition coefficient (Wildman–Crippen LogP) is 8.71. The molecule has 0 saturated carbocycles. The highest BCUT2D eigenvalue weighted by molar-refractivity contribution is 6.74. The zero-order valence-electron chi connectivity index (χ0n) is 39.5. The summed E-state index contributed by atoms with van der Waals surface area (Å²) in [5, 5.41) is 8.77. The fourth-order valence-corrected chi connectivity index (χ4v) is 11.8. The number of carbonyl (C=O) groups excluding carboxylic acids is 6. The predicted molar refractivity (Wildman–Crippen MR) is 244 cm³/mol. The fourth-order valence-electron chi connectivity index (χ4n) is 10.4. The van der Waals surface area contributed by atoms with E-state index in [9.17, 15) is 28.8 Å². The molecule has 5 aliphatic rings. The highest BCUT2D eigenvalue weighted by Crippen LogP contribution is 2.46.